The lowest BCUT2D eigenvalue weighted by Crippen LogP contribution is -2.45. The van der Waals surface area contributed by atoms with Crippen LogP contribution in [0.1, 0.15) is 15.9 Å². The maximum absolute atomic E-state index is 13.2. The predicted molar refractivity (Wildman–Crippen MR) is 140 cm³/mol. The summed E-state index contributed by atoms with van der Waals surface area (Å²) in [5, 5.41) is 3.82. The molecule has 2 aromatic carbocycles. The van der Waals surface area contributed by atoms with E-state index in [0.717, 1.165) is 13.1 Å². The third-order valence-corrected chi connectivity index (χ3v) is 6.35. The fourth-order valence-electron chi connectivity index (χ4n) is 4.12. The SMILES string of the molecule is O=CC(OCCN1CCOCC1)OC(=O)C(Cc1cc(=O)[nH]c2ccccc12)NC(=O)c1ccc(Cl)cc1. The van der Waals surface area contributed by atoms with Gasteiger partial charge < -0.3 is 24.5 Å². The number of aromatic nitrogens is 1. The van der Waals surface area contributed by atoms with Crippen molar-refractivity contribution in [1.82, 2.24) is 15.2 Å². The van der Waals surface area contributed by atoms with Crippen LogP contribution in [0.2, 0.25) is 5.02 Å². The van der Waals surface area contributed by atoms with Crippen molar-refractivity contribution in [2.45, 2.75) is 18.8 Å². The first-order valence-corrected chi connectivity index (χ1v) is 12.6. The van der Waals surface area contributed by atoms with Gasteiger partial charge in [0.2, 0.25) is 5.56 Å². The van der Waals surface area contributed by atoms with Crippen molar-refractivity contribution in [2.24, 2.45) is 0 Å². The average Bonchev–Trinajstić information content (AvgIpc) is 2.92. The number of rotatable bonds is 11. The van der Waals surface area contributed by atoms with E-state index in [1.807, 2.05) is 0 Å². The molecule has 3 aromatic rings. The number of fused-ring (bicyclic) bond motifs is 1. The van der Waals surface area contributed by atoms with E-state index in [1.54, 1.807) is 36.4 Å². The van der Waals surface area contributed by atoms with Crippen LogP contribution in [0.15, 0.2) is 59.4 Å². The predicted octanol–water partition coefficient (Wildman–Crippen LogP) is 1.94. The van der Waals surface area contributed by atoms with Crippen molar-refractivity contribution in [3.05, 3.63) is 81.1 Å². The second-order valence-corrected chi connectivity index (χ2v) is 9.14. The summed E-state index contributed by atoms with van der Waals surface area (Å²) in [5.41, 5.74) is 1.03. The van der Waals surface area contributed by atoms with Gasteiger partial charge in [0.1, 0.15) is 6.04 Å². The van der Waals surface area contributed by atoms with Gasteiger partial charge in [-0.2, -0.15) is 0 Å². The van der Waals surface area contributed by atoms with Gasteiger partial charge in [0.05, 0.1) is 19.8 Å². The quantitative estimate of drug-likeness (QED) is 0.214. The number of H-pyrrole nitrogens is 1. The Morgan fingerprint density at radius 3 is 2.61 bits per heavy atom. The topological polar surface area (TPSA) is 127 Å². The number of esters is 1. The van der Waals surface area contributed by atoms with Gasteiger partial charge in [-0.15, -0.1) is 0 Å². The summed E-state index contributed by atoms with van der Waals surface area (Å²) >= 11 is 5.92. The number of amides is 1. The molecule has 4 rings (SSSR count). The summed E-state index contributed by atoms with van der Waals surface area (Å²) in [6.07, 6.45) is -1.12. The summed E-state index contributed by atoms with van der Waals surface area (Å²) in [4.78, 5) is 54.9. The van der Waals surface area contributed by atoms with Crippen LogP contribution < -0.4 is 10.9 Å². The molecule has 2 unspecified atom stereocenters. The zero-order chi connectivity index (χ0) is 26.9. The lowest BCUT2D eigenvalue weighted by atomic mass is 10.0. The van der Waals surface area contributed by atoms with Gasteiger partial charge >= 0.3 is 5.97 Å². The lowest BCUT2D eigenvalue weighted by molar-refractivity contribution is -0.181. The van der Waals surface area contributed by atoms with E-state index in [0.29, 0.717) is 47.5 Å². The summed E-state index contributed by atoms with van der Waals surface area (Å²) in [6, 6.07) is 13.4. The molecule has 0 radical (unpaired) electrons. The number of ether oxygens (including phenoxy) is 3. The standard InChI is InChI=1S/C27H28ClN3O7/c28-20-7-5-18(6-8-20)26(34)30-23(15-19-16-24(33)29-22-4-2-1-3-21(19)22)27(35)38-25(17-32)37-14-11-31-9-12-36-13-10-31/h1-8,16-17,23,25H,9-15H2,(H,29,33)(H,30,34). The molecular weight excluding hydrogens is 514 g/mol. The van der Waals surface area contributed by atoms with E-state index in [2.05, 4.69) is 15.2 Å². The Morgan fingerprint density at radius 1 is 1.13 bits per heavy atom. The number of aromatic amines is 1. The molecule has 1 fully saturated rings. The van der Waals surface area contributed by atoms with Gasteiger partial charge in [0, 0.05) is 53.6 Å². The highest BCUT2D eigenvalue weighted by Crippen LogP contribution is 2.18. The van der Waals surface area contributed by atoms with Crippen molar-refractivity contribution in [3.8, 4) is 0 Å². The Kier molecular flexibility index (Phi) is 9.61. The molecule has 2 atom stereocenters. The molecule has 2 N–H and O–H groups in total. The largest absolute Gasteiger partial charge is 0.427 e. The van der Waals surface area contributed by atoms with Crippen molar-refractivity contribution < 1.29 is 28.6 Å². The van der Waals surface area contributed by atoms with Crippen LogP contribution in [0, 0.1) is 0 Å². The van der Waals surface area contributed by atoms with Crippen LogP contribution in [0.5, 0.6) is 0 Å². The molecule has 1 saturated heterocycles. The monoisotopic (exact) mass is 541 g/mol. The van der Waals surface area contributed by atoms with Gasteiger partial charge in [-0.3, -0.25) is 19.3 Å². The number of pyridine rings is 1. The Labute approximate surface area is 223 Å². The number of aldehydes is 1. The first kappa shape index (κ1) is 27.5. The summed E-state index contributed by atoms with van der Waals surface area (Å²) in [7, 11) is 0. The Hall–Kier alpha value is -3.57. The van der Waals surface area contributed by atoms with Gasteiger partial charge in [0.25, 0.3) is 12.2 Å². The third kappa shape index (κ3) is 7.48. The van der Waals surface area contributed by atoms with Gasteiger partial charge in [-0.1, -0.05) is 29.8 Å². The second-order valence-electron chi connectivity index (χ2n) is 8.71. The maximum atomic E-state index is 13.2. The maximum Gasteiger partial charge on any atom is 0.331 e. The van der Waals surface area contributed by atoms with Crippen LogP contribution in [-0.4, -0.2) is 79.8 Å². The molecular formula is C27H28ClN3O7. The molecule has 0 spiro atoms. The molecule has 11 heteroatoms. The normalized spacial score (nSPS) is 15.5. The molecule has 0 bridgehead atoms. The molecule has 1 amide bonds. The van der Waals surface area contributed by atoms with E-state index in [-0.39, 0.29) is 24.2 Å². The summed E-state index contributed by atoms with van der Waals surface area (Å²) in [5.74, 6) is -1.42. The smallest absolute Gasteiger partial charge is 0.331 e. The van der Waals surface area contributed by atoms with Gasteiger partial charge in [-0.25, -0.2) is 4.79 Å². The number of hydrogen-bond donors (Lipinski definition) is 2. The highest BCUT2D eigenvalue weighted by molar-refractivity contribution is 6.30. The fourth-order valence-corrected chi connectivity index (χ4v) is 4.25. The van der Waals surface area contributed by atoms with E-state index in [1.165, 1.54) is 18.2 Å². The fraction of sp³-hybridized carbons (Fsp3) is 0.333. The molecule has 1 aromatic heterocycles. The zero-order valence-corrected chi connectivity index (χ0v) is 21.3. The zero-order valence-electron chi connectivity index (χ0n) is 20.6. The van der Waals surface area contributed by atoms with Crippen molar-refractivity contribution in [2.75, 3.05) is 39.5 Å². The minimum absolute atomic E-state index is 0.0536. The molecule has 1 aliphatic heterocycles. The van der Waals surface area contributed by atoms with Crippen LogP contribution >= 0.6 is 11.6 Å². The first-order chi connectivity index (χ1) is 18.4. The molecule has 2 heterocycles. The van der Waals surface area contributed by atoms with Crippen LogP contribution in [0.4, 0.5) is 0 Å². The van der Waals surface area contributed by atoms with Crippen molar-refractivity contribution in [3.63, 3.8) is 0 Å². The van der Waals surface area contributed by atoms with Crippen molar-refractivity contribution in [1.29, 1.82) is 0 Å². The van der Waals surface area contributed by atoms with E-state index in [9.17, 15) is 19.2 Å². The number of nitrogens with one attached hydrogen (secondary N) is 2. The number of morpholine rings is 1. The number of para-hydroxylation sites is 1. The highest BCUT2D eigenvalue weighted by Gasteiger charge is 2.27. The Bertz CT molecular complexity index is 1320. The number of hydrogen-bond acceptors (Lipinski definition) is 8. The highest BCUT2D eigenvalue weighted by atomic mass is 35.5. The molecule has 10 nitrogen and oxygen atoms in total. The van der Waals surface area contributed by atoms with E-state index < -0.39 is 24.2 Å². The number of carbonyl (C=O) groups is 3. The molecule has 0 aliphatic carbocycles. The number of halogens is 1. The van der Waals surface area contributed by atoms with Crippen LogP contribution in [0.25, 0.3) is 10.9 Å². The summed E-state index contributed by atoms with van der Waals surface area (Å²) < 4.78 is 16.1. The number of benzene rings is 2. The van der Waals surface area contributed by atoms with E-state index in [4.69, 9.17) is 25.8 Å². The first-order valence-electron chi connectivity index (χ1n) is 12.2. The second kappa shape index (κ2) is 13.3. The number of carbonyl (C=O) groups excluding carboxylic acids is 3. The minimum Gasteiger partial charge on any atom is -0.427 e. The van der Waals surface area contributed by atoms with Crippen LogP contribution in [0.3, 0.4) is 0 Å². The molecule has 0 saturated carbocycles. The van der Waals surface area contributed by atoms with Gasteiger partial charge in [0.15, 0.2) is 6.29 Å². The Balaban J connectivity index is 1.50. The van der Waals surface area contributed by atoms with Gasteiger partial charge in [-0.05, 0) is 35.9 Å². The minimum atomic E-state index is -1.45. The van der Waals surface area contributed by atoms with E-state index >= 15 is 0 Å². The average molecular weight is 542 g/mol. The van der Waals surface area contributed by atoms with Crippen LogP contribution in [-0.2, 0) is 30.2 Å². The molecule has 38 heavy (non-hydrogen) atoms. The molecule has 200 valence electrons. The number of nitrogens with zero attached hydrogens (tertiary/aromatic N) is 1. The van der Waals surface area contributed by atoms with Crippen molar-refractivity contribution >= 4 is 40.7 Å². The Morgan fingerprint density at radius 2 is 1.87 bits per heavy atom. The summed E-state index contributed by atoms with van der Waals surface area (Å²) in [6.45, 7) is 3.45. The lowest BCUT2D eigenvalue weighted by Gasteiger charge is -2.27. The molecule has 1 aliphatic rings. The third-order valence-electron chi connectivity index (χ3n) is 6.09.